The summed E-state index contributed by atoms with van der Waals surface area (Å²) in [6.45, 7) is 15.6. The predicted octanol–water partition coefficient (Wildman–Crippen LogP) is 8.07. The van der Waals surface area contributed by atoms with Crippen LogP contribution in [-0.4, -0.2) is 29.5 Å². The molecule has 198 valence electrons. The zero-order chi connectivity index (χ0) is 27.4. The number of halogens is 4. The maximum Gasteiger partial charge on any atom is 0.344 e. The number of ether oxygens (including phenoxy) is 2. The molecular weight excluding hydrogens is 486 g/mol. The number of carbonyl (C=O) groups is 1. The van der Waals surface area contributed by atoms with Crippen molar-refractivity contribution in [3.63, 3.8) is 0 Å². The first kappa shape index (κ1) is 31.1. The van der Waals surface area contributed by atoms with Crippen LogP contribution in [0.2, 0.25) is 0 Å². The Labute approximate surface area is 209 Å². The molecule has 1 rings (SSSR count). The van der Waals surface area contributed by atoms with Crippen molar-refractivity contribution in [1.82, 2.24) is 0 Å². The van der Waals surface area contributed by atoms with Crippen molar-refractivity contribution in [2.75, 3.05) is 12.4 Å². The Bertz CT molecular complexity index is 962. The van der Waals surface area contributed by atoms with Gasteiger partial charge in [0.15, 0.2) is 23.3 Å². The molecule has 11 heteroatoms. The number of rotatable bonds is 12. The zero-order valence-corrected chi connectivity index (χ0v) is 22.5. The molecule has 0 spiro atoms. The fourth-order valence-corrected chi connectivity index (χ4v) is 4.59. The zero-order valence-electron chi connectivity index (χ0n) is 21.6. The average molecular weight is 522 g/mol. The van der Waals surface area contributed by atoms with Crippen LogP contribution in [0.15, 0.2) is 5.11 Å². The monoisotopic (exact) mass is 521 g/mol. The van der Waals surface area contributed by atoms with E-state index in [-0.39, 0.29) is 23.9 Å². The van der Waals surface area contributed by atoms with Crippen LogP contribution >= 0.6 is 12.6 Å². The van der Waals surface area contributed by atoms with Gasteiger partial charge in [-0.15, -0.1) is 0 Å². The van der Waals surface area contributed by atoms with E-state index in [4.69, 9.17) is 15.0 Å². The highest BCUT2D eigenvalue weighted by atomic mass is 32.1. The number of hydrogen-bond donors (Lipinski definition) is 1. The van der Waals surface area contributed by atoms with Gasteiger partial charge in [0.05, 0.1) is 12.2 Å². The molecule has 0 unspecified atom stereocenters. The van der Waals surface area contributed by atoms with Crippen molar-refractivity contribution in [3.05, 3.63) is 39.3 Å². The second-order valence-electron chi connectivity index (χ2n) is 11.5. The molecule has 0 radical (unpaired) electrons. The summed E-state index contributed by atoms with van der Waals surface area (Å²) < 4.78 is 67.7. The molecule has 0 bridgehead atoms. The van der Waals surface area contributed by atoms with Gasteiger partial charge in [0.2, 0.25) is 0 Å². The molecule has 0 aliphatic rings. The van der Waals surface area contributed by atoms with Gasteiger partial charge in [-0.05, 0) is 62.7 Å². The third-order valence-corrected chi connectivity index (χ3v) is 6.30. The summed E-state index contributed by atoms with van der Waals surface area (Å²) >= 11 is 4.42. The van der Waals surface area contributed by atoms with Crippen molar-refractivity contribution < 1.29 is 31.8 Å². The second kappa shape index (κ2) is 11.4. The van der Waals surface area contributed by atoms with Crippen LogP contribution in [0.4, 0.5) is 23.2 Å². The van der Waals surface area contributed by atoms with E-state index in [1.165, 1.54) is 13.8 Å². The largest absolute Gasteiger partial charge is 0.456 e. The molecule has 1 aromatic carbocycles. The number of benzene rings is 1. The summed E-state index contributed by atoms with van der Waals surface area (Å²) in [6, 6.07) is 0. The van der Waals surface area contributed by atoms with Gasteiger partial charge in [-0.1, -0.05) is 32.8 Å². The summed E-state index contributed by atoms with van der Waals surface area (Å²) in [6.07, 6.45) is 1.82. The standard InChI is InChI=1S/C24H35F4N3O3S/c1-21(2,11-22(3,4)13-35)12-24(7,8)33-10-9-23(5,6)34-20(32)14-15(25)17(27)19(30-31-29)18(28)16(14)26/h35H,9-13H2,1-8H3. The Morgan fingerprint density at radius 2 is 1.40 bits per heavy atom. The van der Waals surface area contributed by atoms with Crippen molar-refractivity contribution in [2.24, 2.45) is 15.9 Å². The number of azide groups is 1. The second-order valence-corrected chi connectivity index (χ2v) is 11.8. The molecule has 0 aliphatic heterocycles. The smallest absolute Gasteiger partial charge is 0.344 e. The van der Waals surface area contributed by atoms with E-state index in [0.717, 1.165) is 18.6 Å². The lowest BCUT2D eigenvalue weighted by molar-refractivity contribution is -0.0741. The van der Waals surface area contributed by atoms with Gasteiger partial charge in [-0.25, -0.2) is 22.4 Å². The molecule has 0 aromatic heterocycles. The third kappa shape index (κ3) is 8.88. The molecular formula is C24H35F4N3O3S. The minimum atomic E-state index is -2.00. The van der Waals surface area contributed by atoms with Gasteiger partial charge in [0.1, 0.15) is 16.9 Å². The number of esters is 1. The van der Waals surface area contributed by atoms with Crippen molar-refractivity contribution in [3.8, 4) is 0 Å². The van der Waals surface area contributed by atoms with E-state index in [1.54, 1.807) is 0 Å². The van der Waals surface area contributed by atoms with Crippen LogP contribution in [0.25, 0.3) is 10.4 Å². The topological polar surface area (TPSA) is 84.3 Å². The molecule has 0 N–H and O–H groups in total. The van der Waals surface area contributed by atoms with Gasteiger partial charge in [0.25, 0.3) is 0 Å². The fraction of sp³-hybridized carbons (Fsp3) is 0.708. The Morgan fingerprint density at radius 3 is 1.86 bits per heavy atom. The maximum absolute atomic E-state index is 14.3. The van der Waals surface area contributed by atoms with Crippen LogP contribution in [-0.2, 0) is 9.47 Å². The Morgan fingerprint density at radius 1 is 0.886 bits per heavy atom. The van der Waals surface area contributed by atoms with Crippen LogP contribution in [0.3, 0.4) is 0 Å². The molecule has 0 amide bonds. The number of nitrogens with zero attached hydrogens (tertiary/aromatic N) is 3. The van der Waals surface area contributed by atoms with E-state index in [1.807, 2.05) is 13.8 Å². The van der Waals surface area contributed by atoms with Crippen LogP contribution < -0.4 is 0 Å². The molecule has 35 heavy (non-hydrogen) atoms. The van der Waals surface area contributed by atoms with E-state index in [9.17, 15) is 22.4 Å². The summed E-state index contributed by atoms with van der Waals surface area (Å²) in [7, 11) is 0. The lowest BCUT2D eigenvalue weighted by atomic mass is 9.71. The number of thiol groups is 1. The molecule has 0 atom stereocenters. The van der Waals surface area contributed by atoms with Crippen LogP contribution in [0, 0.1) is 34.1 Å². The van der Waals surface area contributed by atoms with Crippen molar-refractivity contribution in [2.45, 2.75) is 85.9 Å². The third-order valence-electron chi connectivity index (χ3n) is 5.44. The van der Waals surface area contributed by atoms with Gasteiger partial charge in [-0.3, -0.25) is 0 Å². The summed E-state index contributed by atoms with van der Waals surface area (Å²) in [5.41, 5.74) is 3.50. The first-order valence-electron chi connectivity index (χ1n) is 11.2. The minimum absolute atomic E-state index is 0.0390. The van der Waals surface area contributed by atoms with E-state index >= 15 is 0 Å². The van der Waals surface area contributed by atoms with Gasteiger partial charge < -0.3 is 9.47 Å². The Hall–Kier alpha value is -1.97. The normalized spacial score (nSPS) is 12.9. The molecule has 0 heterocycles. The van der Waals surface area contributed by atoms with Gasteiger partial charge in [-0.2, -0.15) is 12.6 Å². The van der Waals surface area contributed by atoms with Crippen LogP contribution in [0.1, 0.15) is 85.0 Å². The van der Waals surface area contributed by atoms with Crippen molar-refractivity contribution in [1.29, 1.82) is 0 Å². The highest BCUT2D eigenvalue weighted by Gasteiger charge is 2.36. The van der Waals surface area contributed by atoms with Gasteiger partial charge >= 0.3 is 5.97 Å². The van der Waals surface area contributed by atoms with Crippen LogP contribution in [0.5, 0.6) is 0 Å². The summed E-state index contributed by atoms with van der Waals surface area (Å²) in [5, 5.41) is 2.59. The van der Waals surface area contributed by atoms with Gasteiger partial charge in [0, 0.05) is 11.3 Å². The molecule has 0 aliphatic carbocycles. The summed E-state index contributed by atoms with van der Waals surface area (Å²) in [4.78, 5) is 14.5. The minimum Gasteiger partial charge on any atom is -0.456 e. The first-order valence-corrected chi connectivity index (χ1v) is 11.8. The quantitative estimate of drug-likeness (QED) is 0.0574. The highest BCUT2D eigenvalue weighted by molar-refractivity contribution is 7.80. The molecule has 0 saturated carbocycles. The summed E-state index contributed by atoms with van der Waals surface area (Å²) in [5.74, 6) is -8.82. The lowest BCUT2D eigenvalue weighted by Crippen LogP contribution is -2.37. The predicted molar refractivity (Wildman–Crippen MR) is 130 cm³/mol. The van der Waals surface area contributed by atoms with E-state index in [2.05, 4.69) is 50.3 Å². The molecule has 1 aromatic rings. The fourth-order valence-electron chi connectivity index (χ4n) is 4.48. The Balaban J connectivity index is 2.88. The number of carbonyl (C=O) groups excluding carboxylic acids is 1. The molecule has 0 fully saturated rings. The molecule has 6 nitrogen and oxygen atoms in total. The van der Waals surface area contributed by atoms with Crippen molar-refractivity contribution >= 4 is 24.3 Å². The average Bonchev–Trinajstić information content (AvgIpc) is 2.67. The Kier molecular flexibility index (Phi) is 10.1. The number of hydrogen-bond acceptors (Lipinski definition) is 5. The molecule has 0 saturated heterocycles. The highest BCUT2D eigenvalue weighted by Crippen LogP contribution is 2.41. The maximum atomic E-state index is 14.3. The SMILES string of the molecule is CC(C)(CS)CC(C)(C)CC(C)(C)OCCC(C)(C)OC(=O)c1c(F)c(F)c(N=[N+]=[N-])c(F)c1F. The first-order chi connectivity index (χ1) is 15.8. The van der Waals surface area contributed by atoms with E-state index in [0.29, 0.717) is 0 Å². The van der Waals surface area contributed by atoms with E-state index < -0.39 is 51.7 Å². The lowest BCUT2D eigenvalue weighted by Gasteiger charge is -2.40.